The van der Waals surface area contributed by atoms with Crippen molar-refractivity contribution in [3.8, 4) is 0 Å². The number of piperidine rings is 1. The number of hydrogen-bond acceptors (Lipinski definition) is 4. The molecular weight excluding hydrogens is 327 g/mol. The van der Waals surface area contributed by atoms with Gasteiger partial charge in [0.1, 0.15) is 6.61 Å². The van der Waals surface area contributed by atoms with Crippen LogP contribution < -0.4 is 0 Å². The zero-order valence-electron chi connectivity index (χ0n) is 13.1. The second kappa shape index (κ2) is 7.55. The number of rotatable bonds is 3. The molecule has 1 saturated heterocycles. The molecule has 1 aliphatic heterocycles. The van der Waals surface area contributed by atoms with E-state index in [9.17, 15) is 22.8 Å². The molecule has 0 spiro atoms. The van der Waals surface area contributed by atoms with Crippen LogP contribution in [-0.2, 0) is 20.9 Å². The molecule has 2 rings (SSSR count). The normalized spacial score (nSPS) is 21.2. The van der Waals surface area contributed by atoms with Gasteiger partial charge in [-0.05, 0) is 12.0 Å². The molecule has 0 saturated carbocycles. The van der Waals surface area contributed by atoms with E-state index in [0.717, 1.165) is 17.6 Å². The summed E-state index contributed by atoms with van der Waals surface area (Å²) in [4.78, 5) is 24.6. The molecule has 0 aliphatic carbocycles. The molecule has 1 aliphatic rings. The van der Waals surface area contributed by atoms with E-state index >= 15 is 0 Å². The molecule has 1 amide bonds. The Hall–Kier alpha value is -2.25. The van der Waals surface area contributed by atoms with Gasteiger partial charge in [-0.25, -0.2) is 4.79 Å². The molecule has 8 heteroatoms. The predicted octanol–water partition coefficient (Wildman–Crippen LogP) is 3.00. The molecule has 0 bridgehead atoms. The molecule has 2 atom stereocenters. The van der Waals surface area contributed by atoms with Crippen LogP contribution in [0.4, 0.5) is 18.0 Å². The lowest BCUT2D eigenvalue weighted by Crippen LogP contribution is -2.50. The van der Waals surface area contributed by atoms with Crippen LogP contribution in [-0.4, -0.2) is 43.3 Å². The lowest BCUT2D eigenvalue weighted by atomic mass is 9.89. The largest absolute Gasteiger partial charge is 0.469 e. The summed E-state index contributed by atoms with van der Waals surface area (Å²) in [5.74, 6) is -3.55. The number of esters is 1. The Bertz CT molecular complexity index is 576. The fourth-order valence-corrected chi connectivity index (χ4v) is 2.63. The Balaban J connectivity index is 2.03. The first-order chi connectivity index (χ1) is 11.3. The molecule has 5 nitrogen and oxygen atoms in total. The first-order valence-electron chi connectivity index (χ1n) is 7.41. The van der Waals surface area contributed by atoms with Crippen molar-refractivity contribution in [1.82, 2.24) is 4.90 Å². The van der Waals surface area contributed by atoms with E-state index in [-0.39, 0.29) is 13.2 Å². The van der Waals surface area contributed by atoms with E-state index in [1.807, 2.05) is 0 Å². The molecule has 1 heterocycles. The Kier molecular flexibility index (Phi) is 5.69. The van der Waals surface area contributed by atoms with E-state index in [2.05, 4.69) is 4.74 Å². The Labute approximate surface area is 137 Å². The van der Waals surface area contributed by atoms with Crippen molar-refractivity contribution >= 4 is 12.1 Å². The first-order valence-corrected chi connectivity index (χ1v) is 7.41. The third-order valence-corrected chi connectivity index (χ3v) is 3.91. The van der Waals surface area contributed by atoms with E-state index in [4.69, 9.17) is 4.74 Å². The summed E-state index contributed by atoms with van der Waals surface area (Å²) >= 11 is 0. The molecule has 132 valence electrons. The van der Waals surface area contributed by atoms with Crippen molar-refractivity contribution in [3.05, 3.63) is 35.9 Å². The number of benzene rings is 1. The van der Waals surface area contributed by atoms with Crippen molar-refractivity contribution in [2.75, 3.05) is 20.2 Å². The molecule has 0 N–H and O–H groups in total. The summed E-state index contributed by atoms with van der Waals surface area (Å²) in [6.07, 6.45) is -5.76. The van der Waals surface area contributed by atoms with Crippen LogP contribution in [0, 0.1) is 11.8 Å². The number of alkyl halides is 3. The highest BCUT2D eigenvalue weighted by Crippen LogP contribution is 2.36. The fraction of sp³-hybridized carbons (Fsp3) is 0.500. The van der Waals surface area contributed by atoms with Crippen molar-refractivity contribution in [1.29, 1.82) is 0 Å². The van der Waals surface area contributed by atoms with Gasteiger partial charge in [0.05, 0.1) is 18.9 Å². The van der Waals surface area contributed by atoms with Crippen LogP contribution in [0.5, 0.6) is 0 Å². The zero-order chi connectivity index (χ0) is 17.7. The summed E-state index contributed by atoms with van der Waals surface area (Å²) in [7, 11) is 1.11. The third kappa shape index (κ3) is 4.62. The molecule has 1 fully saturated rings. The highest BCUT2D eigenvalue weighted by atomic mass is 19.4. The Morgan fingerprint density at radius 1 is 1.21 bits per heavy atom. The van der Waals surface area contributed by atoms with E-state index in [1.54, 1.807) is 30.3 Å². The predicted molar refractivity (Wildman–Crippen MR) is 77.9 cm³/mol. The number of likely N-dealkylation sites (tertiary alicyclic amines) is 1. The lowest BCUT2D eigenvalue weighted by Gasteiger charge is -2.36. The van der Waals surface area contributed by atoms with Gasteiger partial charge in [-0.1, -0.05) is 30.3 Å². The minimum Gasteiger partial charge on any atom is -0.469 e. The topological polar surface area (TPSA) is 55.8 Å². The van der Waals surface area contributed by atoms with Gasteiger partial charge in [-0.2, -0.15) is 13.2 Å². The van der Waals surface area contributed by atoms with Crippen LogP contribution in [0.15, 0.2) is 30.3 Å². The standard InChI is InChI=1S/C16H18F3NO4/c1-23-14(21)12-7-13(16(17,18)19)9-20(8-12)15(22)24-10-11-5-3-2-4-6-11/h2-6,12-13H,7-10H2,1H3/t12-,13-/m0/s1. The third-order valence-electron chi connectivity index (χ3n) is 3.91. The van der Waals surface area contributed by atoms with Crippen molar-refractivity contribution < 1.29 is 32.2 Å². The average molecular weight is 345 g/mol. The Morgan fingerprint density at radius 2 is 1.88 bits per heavy atom. The first kappa shape index (κ1) is 18.1. The number of amides is 1. The number of carbonyl (C=O) groups is 2. The van der Waals surface area contributed by atoms with Gasteiger partial charge in [0, 0.05) is 13.1 Å². The maximum atomic E-state index is 13.0. The van der Waals surface area contributed by atoms with E-state index < -0.39 is 43.0 Å². The van der Waals surface area contributed by atoms with Crippen LogP contribution in [0.2, 0.25) is 0 Å². The minimum absolute atomic E-state index is 0.0459. The van der Waals surface area contributed by atoms with Crippen LogP contribution in [0.25, 0.3) is 0 Å². The summed E-state index contributed by atoms with van der Waals surface area (Å²) in [5, 5.41) is 0. The second-order valence-corrected chi connectivity index (χ2v) is 5.64. The zero-order valence-corrected chi connectivity index (χ0v) is 13.1. The van der Waals surface area contributed by atoms with E-state index in [1.165, 1.54) is 0 Å². The number of carbonyl (C=O) groups excluding carboxylic acids is 2. The summed E-state index contributed by atoms with van der Waals surface area (Å²) in [5.41, 5.74) is 0.722. The number of ether oxygens (including phenoxy) is 2. The molecule has 1 aromatic carbocycles. The number of nitrogens with zero attached hydrogens (tertiary/aromatic N) is 1. The molecule has 24 heavy (non-hydrogen) atoms. The highest BCUT2D eigenvalue weighted by Gasteiger charge is 2.47. The summed E-state index contributed by atoms with van der Waals surface area (Å²) in [6.45, 7) is -0.715. The summed E-state index contributed by atoms with van der Waals surface area (Å²) in [6, 6.07) is 8.79. The lowest BCUT2D eigenvalue weighted by molar-refractivity contribution is -0.192. The number of hydrogen-bond donors (Lipinski definition) is 0. The van der Waals surface area contributed by atoms with Crippen molar-refractivity contribution in [2.24, 2.45) is 11.8 Å². The van der Waals surface area contributed by atoms with Gasteiger partial charge in [0.25, 0.3) is 0 Å². The molecule has 0 unspecified atom stereocenters. The monoisotopic (exact) mass is 345 g/mol. The van der Waals surface area contributed by atoms with E-state index in [0.29, 0.717) is 0 Å². The average Bonchev–Trinajstić information content (AvgIpc) is 2.58. The summed E-state index contributed by atoms with van der Waals surface area (Å²) < 4.78 is 48.7. The molecule has 0 aromatic heterocycles. The van der Waals surface area contributed by atoms with Gasteiger partial charge < -0.3 is 14.4 Å². The van der Waals surface area contributed by atoms with Gasteiger partial charge in [-0.15, -0.1) is 0 Å². The quantitative estimate of drug-likeness (QED) is 0.791. The van der Waals surface area contributed by atoms with Gasteiger partial charge in [-0.3, -0.25) is 4.79 Å². The van der Waals surface area contributed by atoms with Crippen LogP contribution >= 0.6 is 0 Å². The van der Waals surface area contributed by atoms with Crippen molar-refractivity contribution in [2.45, 2.75) is 19.2 Å². The number of halogens is 3. The Morgan fingerprint density at radius 3 is 2.46 bits per heavy atom. The van der Waals surface area contributed by atoms with Gasteiger partial charge in [0.15, 0.2) is 0 Å². The highest BCUT2D eigenvalue weighted by molar-refractivity contribution is 5.74. The molecular formula is C16H18F3NO4. The van der Waals surface area contributed by atoms with Gasteiger partial charge >= 0.3 is 18.2 Å². The molecule has 0 radical (unpaired) electrons. The second-order valence-electron chi connectivity index (χ2n) is 5.64. The minimum atomic E-state index is -4.50. The van der Waals surface area contributed by atoms with Gasteiger partial charge in [0.2, 0.25) is 0 Å². The number of methoxy groups -OCH3 is 1. The SMILES string of the molecule is COC(=O)[C@H]1C[C@H](C(F)(F)F)CN(C(=O)OCc2ccccc2)C1. The maximum Gasteiger partial charge on any atom is 0.410 e. The van der Waals surface area contributed by atoms with Crippen LogP contribution in [0.3, 0.4) is 0 Å². The molecule has 1 aromatic rings. The fourth-order valence-electron chi connectivity index (χ4n) is 2.63. The maximum absolute atomic E-state index is 13.0. The smallest absolute Gasteiger partial charge is 0.410 e. The van der Waals surface area contributed by atoms with Crippen LogP contribution in [0.1, 0.15) is 12.0 Å². The van der Waals surface area contributed by atoms with Crippen molar-refractivity contribution in [3.63, 3.8) is 0 Å².